The lowest BCUT2D eigenvalue weighted by Crippen LogP contribution is -2.07. The van der Waals surface area contributed by atoms with Gasteiger partial charge in [-0.2, -0.15) is 0 Å². The molecule has 0 atom stereocenters. The van der Waals surface area contributed by atoms with Crippen molar-refractivity contribution in [1.29, 1.82) is 0 Å². The van der Waals surface area contributed by atoms with Crippen molar-refractivity contribution in [2.45, 2.75) is 6.92 Å². The Morgan fingerprint density at radius 1 is 1.56 bits per heavy atom. The Bertz CT molecular complexity index is 224. The Morgan fingerprint density at radius 2 is 2.22 bits per heavy atom. The smallest absolute Gasteiger partial charge is 0.129 e. The summed E-state index contributed by atoms with van der Waals surface area (Å²) in [6.07, 6.45) is 0. The fraction of sp³-hybridized carbons (Fsp3) is 0.167. The van der Waals surface area contributed by atoms with E-state index in [9.17, 15) is 0 Å². The minimum atomic E-state index is 0.488. The summed E-state index contributed by atoms with van der Waals surface area (Å²) in [5, 5.41) is 0.488. The van der Waals surface area contributed by atoms with E-state index in [4.69, 9.17) is 19.4 Å². The highest BCUT2D eigenvalue weighted by Gasteiger charge is 1.91. The third-order valence-corrected chi connectivity index (χ3v) is 1.30. The van der Waals surface area contributed by atoms with Gasteiger partial charge in [0.2, 0.25) is 0 Å². The SMILES string of the molecule is [B]c1ccc(Cl)nc1C. The van der Waals surface area contributed by atoms with Gasteiger partial charge in [0, 0.05) is 5.69 Å². The highest BCUT2D eigenvalue weighted by atomic mass is 35.5. The monoisotopic (exact) mass is 137 g/mol. The molecule has 0 bridgehead atoms. The van der Waals surface area contributed by atoms with Gasteiger partial charge in [-0.1, -0.05) is 23.1 Å². The second-order valence-corrected chi connectivity index (χ2v) is 2.20. The Kier molecular flexibility index (Phi) is 1.77. The van der Waals surface area contributed by atoms with Crippen molar-refractivity contribution in [3.05, 3.63) is 23.0 Å². The average molecular weight is 137 g/mol. The summed E-state index contributed by atoms with van der Waals surface area (Å²) in [5.41, 5.74) is 1.46. The van der Waals surface area contributed by atoms with Crippen LogP contribution in [0.3, 0.4) is 0 Å². The maximum Gasteiger partial charge on any atom is 0.129 e. The highest BCUT2D eigenvalue weighted by molar-refractivity contribution is 6.34. The summed E-state index contributed by atoms with van der Waals surface area (Å²) >= 11 is 5.55. The molecule has 0 aromatic carbocycles. The van der Waals surface area contributed by atoms with E-state index >= 15 is 0 Å². The van der Waals surface area contributed by atoms with E-state index < -0.39 is 0 Å². The Morgan fingerprint density at radius 3 is 2.67 bits per heavy atom. The van der Waals surface area contributed by atoms with Crippen LogP contribution < -0.4 is 5.46 Å². The van der Waals surface area contributed by atoms with E-state index in [-0.39, 0.29) is 0 Å². The van der Waals surface area contributed by atoms with E-state index in [0.717, 1.165) is 5.69 Å². The first-order chi connectivity index (χ1) is 4.20. The zero-order valence-corrected chi connectivity index (χ0v) is 5.81. The molecule has 0 saturated heterocycles. The van der Waals surface area contributed by atoms with Crippen LogP contribution in [0.2, 0.25) is 5.15 Å². The molecule has 0 N–H and O–H groups in total. The van der Waals surface area contributed by atoms with E-state index in [1.165, 1.54) is 0 Å². The van der Waals surface area contributed by atoms with Gasteiger partial charge in [0.1, 0.15) is 13.0 Å². The zero-order chi connectivity index (χ0) is 6.85. The van der Waals surface area contributed by atoms with Crippen LogP contribution in [0, 0.1) is 6.92 Å². The van der Waals surface area contributed by atoms with Crippen LogP contribution in [0.25, 0.3) is 0 Å². The van der Waals surface area contributed by atoms with Crippen LogP contribution in [-0.2, 0) is 0 Å². The molecule has 0 aliphatic carbocycles. The standard InChI is InChI=1S/C6H5BClN/c1-4-5(7)2-3-6(8)9-4/h2-3H,1H3. The van der Waals surface area contributed by atoms with Crippen LogP contribution in [0.5, 0.6) is 0 Å². The van der Waals surface area contributed by atoms with Gasteiger partial charge in [-0.25, -0.2) is 4.98 Å². The molecule has 1 heterocycles. The fourth-order valence-corrected chi connectivity index (χ4v) is 0.731. The van der Waals surface area contributed by atoms with E-state index in [1.807, 2.05) is 6.92 Å². The molecule has 0 amide bonds. The number of pyridine rings is 1. The third kappa shape index (κ3) is 1.45. The van der Waals surface area contributed by atoms with Gasteiger partial charge in [-0.15, -0.1) is 0 Å². The summed E-state index contributed by atoms with van der Waals surface area (Å²) in [7, 11) is 5.47. The van der Waals surface area contributed by atoms with Crippen molar-refractivity contribution in [3.8, 4) is 0 Å². The molecule has 1 aromatic heterocycles. The molecule has 1 rings (SSSR count). The highest BCUT2D eigenvalue weighted by Crippen LogP contribution is 2.00. The lowest BCUT2D eigenvalue weighted by molar-refractivity contribution is 1.22. The molecular formula is C6H5BClN. The summed E-state index contributed by atoms with van der Waals surface area (Å²) in [5.74, 6) is 0. The number of nitrogens with zero attached hydrogens (tertiary/aromatic N) is 1. The van der Waals surface area contributed by atoms with Crippen molar-refractivity contribution in [1.82, 2.24) is 4.98 Å². The quantitative estimate of drug-likeness (QED) is 0.381. The number of aryl methyl sites for hydroxylation is 1. The third-order valence-electron chi connectivity index (χ3n) is 1.09. The van der Waals surface area contributed by atoms with Gasteiger partial charge < -0.3 is 0 Å². The van der Waals surface area contributed by atoms with Crippen molar-refractivity contribution in [3.63, 3.8) is 0 Å². The fourth-order valence-electron chi connectivity index (χ4n) is 0.541. The second kappa shape index (κ2) is 2.40. The summed E-state index contributed by atoms with van der Waals surface area (Å²) in [6.45, 7) is 1.82. The first kappa shape index (κ1) is 6.62. The molecular weight excluding hydrogens is 132 g/mol. The van der Waals surface area contributed by atoms with Crippen molar-refractivity contribution >= 4 is 24.9 Å². The number of hydrogen-bond donors (Lipinski definition) is 0. The largest absolute Gasteiger partial charge is 0.242 e. The molecule has 0 aliphatic heterocycles. The van der Waals surface area contributed by atoms with Crippen molar-refractivity contribution in [2.75, 3.05) is 0 Å². The van der Waals surface area contributed by atoms with E-state index in [1.54, 1.807) is 12.1 Å². The molecule has 0 saturated carbocycles. The van der Waals surface area contributed by atoms with Crippen LogP contribution in [-0.4, -0.2) is 12.8 Å². The van der Waals surface area contributed by atoms with Gasteiger partial charge in [0.05, 0.1) is 0 Å². The first-order valence-electron chi connectivity index (χ1n) is 2.59. The van der Waals surface area contributed by atoms with Crippen molar-refractivity contribution in [2.24, 2.45) is 0 Å². The Labute approximate surface area is 60.5 Å². The molecule has 1 aromatic rings. The molecule has 3 heteroatoms. The molecule has 0 unspecified atom stereocenters. The van der Waals surface area contributed by atoms with Crippen LogP contribution >= 0.6 is 11.6 Å². The average Bonchev–Trinajstić information content (AvgIpc) is 1.80. The molecule has 0 fully saturated rings. The molecule has 0 spiro atoms. The molecule has 2 radical (unpaired) electrons. The van der Waals surface area contributed by atoms with E-state index in [0.29, 0.717) is 10.6 Å². The first-order valence-corrected chi connectivity index (χ1v) is 2.96. The van der Waals surface area contributed by atoms with Gasteiger partial charge in [-0.3, -0.25) is 0 Å². The maximum atomic E-state index is 5.55. The minimum Gasteiger partial charge on any atom is -0.242 e. The molecule has 9 heavy (non-hydrogen) atoms. The minimum absolute atomic E-state index is 0.488. The predicted octanol–water partition coefficient (Wildman–Crippen LogP) is 0.837. The second-order valence-electron chi connectivity index (χ2n) is 1.81. The van der Waals surface area contributed by atoms with Crippen LogP contribution in [0.1, 0.15) is 5.69 Å². The maximum absolute atomic E-state index is 5.55. The lowest BCUT2D eigenvalue weighted by Gasteiger charge is -1.96. The molecule has 44 valence electrons. The van der Waals surface area contributed by atoms with Crippen molar-refractivity contribution < 1.29 is 0 Å². The zero-order valence-electron chi connectivity index (χ0n) is 5.06. The predicted molar refractivity (Wildman–Crippen MR) is 39.4 cm³/mol. The number of halogens is 1. The number of aromatic nitrogens is 1. The molecule has 1 nitrogen and oxygen atoms in total. The Hall–Kier alpha value is -0.495. The Balaban J connectivity index is 3.17. The molecule has 0 aliphatic rings. The number of hydrogen-bond acceptors (Lipinski definition) is 1. The van der Waals surface area contributed by atoms with Crippen LogP contribution in [0.4, 0.5) is 0 Å². The topological polar surface area (TPSA) is 12.9 Å². The normalized spacial score (nSPS) is 9.56. The van der Waals surface area contributed by atoms with Gasteiger partial charge in [0.15, 0.2) is 0 Å². The summed E-state index contributed by atoms with van der Waals surface area (Å²) in [6, 6.07) is 3.41. The lowest BCUT2D eigenvalue weighted by atomic mass is 9.95. The number of rotatable bonds is 0. The summed E-state index contributed by atoms with van der Waals surface area (Å²) < 4.78 is 0. The van der Waals surface area contributed by atoms with E-state index in [2.05, 4.69) is 4.98 Å². The van der Waals surface area contributed by atoms with Gasteiger partial charge >= 0.3 is 0 Å². The van der Waals surface area contributed by atoms with Gasteiger partial charge in [0.25, 0.3) is 0 Å². The van der Waals surface area contributed by atoms with Gasteiger partial charge in [-0.05, 0) is 13.0 Å². The van der Waals surface area contributed by atoms with Crippen LogP contribution in [0.15, 0.2) is 12.1 Å². The summed E-state index contributed by atoms with van der Waals surface area (Å²) in [4.78, 5) is 3.91.